The average Bonchev–Trinajstić information content (AvgIpc) is 0.877. The van der Waals surface area contributed by atoms with Crippen molar-refractivity contribution in [2.75, 3.05) is 46.2 Å². The molecule has 35 atom stereocenters. The Hall–Kier alpha value is -3.02. The van der Waals surface area contributed by atoms with Crippen molar-refractivity contribution in [3.63, 3.8) is 0 Å². The summed E-state index contributed by atoms with van der Waals surface area (Å²) in [6.45, 7) is -7.86. The molecule has 2 aromatic rings. The summed E-state index contributed by atoms with van der Waals surface area (Å²) in [5.41, 5.74) is 0.592. The SMILES string of the molecule is O=S1(=O)OC[C@@H]2O[C@@H]3O[C@@H]4C(O)C(O)[C@H](O[C@H]4CO)O[C@H]4C(O)C(O)[C@@H](O[C@@H]5C(O)C(O)[C@@H](C[C@H]6C(O)C(O)[C@@H](O[C@@H]7C(O)C(O)[C@H](O[C@H]7CO)O[C@H]7C(O)C(O)[C@H](O[C@H]7CO)O[C@@H]2C(O)C3O)O[C@@H]6COS(=O)(=O)c2ccc(cc2)-c2ccc1cc2)O[C@H]5CO)O[C@@H]4CO. The van der Waals surface area contributed by atoms with Gasteiger partial charge in [0, 0.05) is 5.92 Å². The van der Waals surface area contributed by atoms with Gasteiger partial charge in [-0.2, -0.15) is 16.8 Å². The molecule has 19 N–H and O–H groups in total. The minimum Gasteiger partial charge on any atom is -0.394 e. The molecule has 38 nitrogen and oxygen atoms in total. The van der Waals surface area contributed by atoms with Crippen molar-refractivity contribution >= 4 is 20.2 Å². The first-order valence-electron chi connectivity index (χ1n) is 30.2. The number of aliphatic hydroxyl groups is 19. The Balaban J connectivity index is 1.00. The minimum absolute atomic E-state index is 0.295. The maximum Gasteiger partial charge on any atom is 0.297 e. The molecule has 14 unspecified atom stereocenters. The quantitative estimate of drug-likeness (QED) is 0.124. The molecule has 0 radical (unpaired) electrons. The third kappa shape index (κ3) is 14.5. The number of hydrogen-bond donors (Lipinski definition) is 19. The number of benzene rings is 2. The maximum atomic E-state index is 14.1. The number of aliphatic hydroxyl groups excluding tert-OH is 19. The van der Waals surface area contributed by atoms with Crippen molar-refractivity contribution < 1.29 is 184 Å². The van der Waals surface area contributed by atoms with Crippen molar-refractivity contribution in [2.45, 2.75) is 225 Å². The van der Waals surface area contributed by atoms with Gasteiger partial charge in [-0.15, -0.1) is 0 Å². The van der Waals surface area contributed by atoms with E-state index in [1.54, 1.807) is 0 Å². The number of hydrogen-bond acceptors (Lipinski definition) is 38. The Labute approximate surface area is 539 Å². The van der Waals surface area contributed by atoms with Gasteiger partial charge in [-0.25, -0.2) is 0 Å². The van der Waals surface area contributed by atoms with E-state index < -0.39 is 297 Å². The topological polar surface area (TPSA) is 591 Å². The van der Waals surface area contributed by atoms with Crippen LogP contribution in [0.15, 0.2) is 58.3 Å². The normalized spacial score (nSPS) is 49.1. The third-order valence-corrected chi connectivity index (χ3v) is 21.0. The van der Waals surface area contributed by atoms with E-state index in [9.17, 15) is 114 Å². The van der Waals surface area contributed by atoms with Crippen LogP contribution in [0.25, 0.3) is 11.1 Å². The fourth-order valence-electron chi connectivity index (χ4n) is 13.0. The molecule has 15 saturated heterocycles. The molecule has 0 amide bonds. The van der Waals surface area contributed by atoms with Crippen LogP contribution in [0.5, 0.6) is 0 Å². The summed E-state index contributed by atoms with van der Waals surface area (Å²) in [7, 11) is -9.83. The Morgan fingerprint density at radius 3 is 0.884 bits per heavy atom. The van der Waals surface area contributed by atoms with Crippen LogP contribution in [0.1, 0.15) is 6.42 Å². The van der Waals surface area contributed by atoms with Crippen LogP contribution < -0.4 is 0 Å². The van der Waals surface area contributed by atoms with Gasteiger partial charge in [0.2, 0.25) is 0 Å². The first-order valence-corrected chi connectivity index (χ1v) is 33.0. The number of ether oxygens (including phenoxy) is 13. The van der Waals surface area contributed by atoms with E-state index in [-0.39, 0.29) is 0 Å². The van der Waals surface area contributed by atoms with E-state index in [1.807, 2.05) is 0 Å². The summed E-state index contributed by atoms with van der Waals surface area (Å²) in [5, 5.41) is 217. The van der Waals surface area contributed by atoms with Crippen LogP contribution in [0.3, 0.4) is 0 Å². The van der Waals surface area contributed by atoms with Gasteiger partial charge in [0.1, 0.15) is 153 Å². The maximum absolute atomic E-state index is 14.1. The first kappa shape index (κ1) is 73.2. The lowest BCUT2D eigenvalue weighted by molar-refractivity contribution is -0.396. The smallest absolute Gasteiger partial charge is 0.297 e. The fourth-order valence-corrected chi connectivity index (χ4v) is 14.8. The van der Waals surface area contributed by atoms with Gasteiger partial charge in [0.25, 0.3) is 20.2 Å². The van der Waals surface area contributed by atoms with Gasteiger partial charge in [0.15, 0.2) is 37.7 Å². The van der Waals surface area contributed by atoms with E-state index in [2.05, 4.69) is 0 Å². The second-order valence-corrected chi connectivity index (χ2v) is 27.5. The molecule has 20 bridgehead atoms. The molecule has 0 saturated carbocycles. The molecule has 0 aliphatic carbocycles. The van der Waals surface area contributed by atoms with E-state index in [4.69, 9.17) is 69.9 Å². The van der Waals surface area contributed by atoms with Crippen molar-refractivity contribution in [3.8, 4) is 11.1 Å². The minimum atomic E-state index is -4.94. The highest BCUT2D eigenvalue weighted by Gasteiger charge is 2.60. The predicted molar refractivity (Wildman–Crippen MR) is 296 cm³/mol. The van der Waals surface area contributed by atoms with Crippen LogP contribution in [-0.4, -0.2) is 369 Å². The molecule has 0 spiro atoms. The molecular formula is C55H78O38S2. The second-order valence-electron chi connectivity index (χ2n) is 24.3. The highest BCUT2D eigenvalue weighted by molar-refractivity contribution is 7.87. The second kappa shape index (κ2) is 29.9. The summed E-state index contributed by atoms with van der Waals surface area (Å²) in [4.78, 5) is -1.02. The van der Waals surface area contributed by atoms with Crippen LogP contribution in [0, 0.1) is 5.92 Å². The lowest BCUT2D eigenvalue weighted by Gasteiger charge is -2.50. The summed E-state index contributed by atoms with van der Waals surface area (Å²) in [5.74, 6) is -1.65. The third-order valence-electron chi connectivity index (χ3n) is 18.4. The number of rotatable bonds is 5. The molecule has 95 heavy (non-hydrogen) atoms. The molecule has 15 fully saturated rings. The Bertz CT molecular complexity index is 3060. The standard InChI is InChI=1S/C55H78O38S2/c56-10-23-44-32(63)31(62)22(81-23)9-21-28-15-79-94(75,76)19-5-1-17(2-6-19)18-3-7-20(8-4-18)95(77,78)80-16-29-49(37(68)43(74)55(87-29)92-48-27(14-60)84-53(41(72)35(48)66)90-46-25(12-58)82-51(88-44)39(70)34(46)65)93-54-42(73)36(67)47(26(13-59)85-54)91-52-40(71)33(64)45(24(11-57)83-52)89-50(86-28)38(69)30(21)61/h1-8,21-74H,9-16H2/t21-,22-,23+,24+,25-,26+,27+,28-,29+,30?,31?,32?,33?,34?,35?,36?,37?,38?,39?,40?,41?,42?,43?,44+,45+,46-,47-,48+,49+,50-,51-,52-,53-,54-,55-/m1/s1. The summed E-state index contributed by atoms with van der Waals surface area (Å²) < 4.78 is 143. The Morgan fingerprint density at radius 2 is 0.547 bits per heavy atom. The van der Waals surface area contributed by atoms with Crippen LogP contribution in [0.2, 0.25) is 0 Å². The zero-order valence-corrected chi connectivity index (χ0v) is 51.2. The van der Waals surface area contributed by atoms with Crippen molar-refractivity contribution in [1.82, 2.24) is 0 Å². The molecule has 28 aliphatic rings. The van der Waals surface area contributed by atoms with Crippen LogP contribution in [-0.2, 0) is 90.2 Å². The average molecular weight is 1410 g/mol. The Morgan fingerprint density at radius 1 is 0.284 bits per heavy atom. The van der Waals surface area contributed by atoms with Crippen LogP contribution >= 0.6 is 0 Å². The van der Waals surface area contributed by atoms with Gasteiger partial charge in [-0.3, -0.25) is 8.37 Å². The summed E-state index contributed by atoms with van der Waals surface area (Å²) in [6, 6.07) is 9.57. The van der Waals surface area contributed by atoms with Crippen LogP contribution in [0.4, 0.5) is 0 Å². The fraction of sp³-hybridized carbons (Fsp3) is 0.782. The van der Waals surface area contributed by atoms with E-state index in [0.29, 0.717) is 11.1 Å². The molecule has 30 rings (SSSR count). The van der Waals surface area contributed by atoms with Crippen molar-refractivity contribution in [1.29, 1.82) is 0 Å². The highest BCUT2D eigenvalue weighted by atomic mass is 32.2. The molecule has 28 heterocycles. The lowest BCUT2D eigenvalue weighted by atomic mass is 9.81. The first-order chi connectivity index (χ1) is 45.1. The van der Waals surface area contributed by atoms with E-state index >= 15 is 0 Å². The van der Waals surface area contributed by atoms with Crippen molar-refractivity contribution in [3.05, 3.63) is 48.5 Å². The molecule has 0 aromatic heterocycles. The molecule has 28 aliphatic heterocycles. The van der Waals surface area contributed by atoms with Gasteiger partial charge >= 0.3 is 0 Å². The summed E-state index contributed by atoms with van der Waals surface area (Å²) in [6.07, 6.45) is -72.4. The molecule has 538 valence electrons. The van der Waals surface area contributed by atoms with Gasteiger partial charge in [-0.1, -0.05) is 24.3 Å². The lowest BCUT2D eigenvalue weighted by Crippen LogP contribution is -2.68. The highest BCUT2D eigenvalue weighted by Crippen LogP contribution is 2.41. The summed E-state index contributed by atoms with van der Waals surface area (Å²) >= 11 is 0. The molecule has 2 aromatic carbocycles. The molecular weight excluding hydrogens is 1330 g/mol. The van der Waals surface area contributed by atoms with Crippen molar-refractivity contribution in [2.24, 2.45) is 5.92 Å². The van der Waals surface area contributed by atoms with E-state index in [1.165, 1.54) is 24.3 Å². The zero-order valence-electron chi connectivity index (χ0n) is 49.6. The van der Waals surface area contributed by atoms with Gasteiger partial charge < -0.3 is 159 Å². The zero-order chi connectivity index (χ0) is 68.4. The molecule has 40 heteroatoms. The predicted octanol–water partition coefficient (Wildman–Crippen LogP) is -11.8. The van der Waals surface area contributed by atoms with Gasteiger partial charge in [-0.05, 0) is 41.8 Å². The Kier molecular flexibility index (Phi) is 23.0. The monoisotopic (exact) mass is 1410 g/mol. The number of fused-ring (bicyclic) bond motifs is 1. The van der Waals surface area contributed by atoms with E-state index in [0.717, 1.165) is 24.3 Å². The van der Waals surface area contributed by atoms with Gasteiger partial charge in [0.05, 0.1) is 74.4 Å². The largest absolute Gasteiger partial charge is 0.394 e.